The van der Waals surface area contributed by atoms with Crippen LogP contribution in [0.25, 0.3) is 0 Å². The van der Waals surface area contributed by atoms with Gasteiger partial charge in [-0.3, -0.25) is 24.3 Å². The third-order valence-corrected chi connectivity index (χ3v) is 5.09. The van der Waals surface area contributed by atoms with Crippen molar-refractivity contribution < 1.29 is 28.6 Å². The van der Waals surface area contributed by atoms with E-state index in [1.807, 2.05) is 0 Å². The van der Waals surface area contributed by atoms with Gasteiger partial charge in [-0.25, -0.2) is 0 Å². The molecule has 1 unspecified atom stereocenters. The Morgan fingerprint density at radius 3 is 2.47 bits per heavy atom. The summed E-state index contributed by atoms with van der Waals surface area (Å²) in [6, 6.07) is 12.2. The molecule has 32 heavy (non-hydrogen) atoms. The standard InChI is InChI=1S/C24H20N2O6/c1-2-31-19(27)14-15-5-7-17(8-6-15)26-21(16-9-11-25-12-10-16)20(23(29)24(26)30)22(28)18-4-3-13-32-18/h3-13,21,29H,2,14H2,1H3. The highest BCUT2D eigenvalue weighted by Crippen LogP contribution is 2.41. The second kappa shape index (κ2) is 8.89. The zero-order chi connectivity index (χ0) is 22.7. The number of ketones is 1. The van der Waals surface area contributed by atoms with Gasteiger partial charge in [0.2, 0.25) is 5.78 Å². The second-order valence-corrected chi connectivity index (χ2v) is 7.08. The number of anilines is 1. The normalized spacial score (nSPS) is 15.8. The molecule has 1 aliphatic heterocycles. The number of aliphatic hydroxyl groups excluding tert-OH is 1. The SMILES string of the molecule is CCOC(=O)Cc1ccc(N2C(=O)C(O)=C(C(=O)c3ccco3)C2c2ccncc2)cc1. The number of amides is 1. The van der Waals surface area contributed by atoms with Crippen molar-refractivity contribution in [1.82, 2.24) is 4.98 Å². The average Bonchev–Trinajstić information content (AvgIpc) is 3.42. The predicted octanol–water partition coefficient (Wildman–Crippen LogP) is 3.56. The van der Waals surface area contributed by atoms with E-state index in [0.29, 0.717) is 23.4 Å². The molecular formula is C24H20N2O6. The summed E-state index contributed by atoms with van der Waals surface area (Å²) in [6.07, 6.45) is 4.54. The third kappa shape index (κ3) is 3.90. The number of furan rings is 1. The molecule has 0 radical (unpaired) electrons. The van der Waals surface area contributed by atoms with Gasteiger partial charge >= 0.3 is 5.97 Å². The average molecular weight is 432 g/mol. The van der Waals surface area contributed by atoms with Gasteiger partial charge in [0.25, 0.3) is 5.91 Å². The van der Waals surface area contributed by atoms with Gasteiger partial charge in [0.15, 0.2) is 11.5 Å². The van der Waals surface area contributed by atoms with Crippen molar-refractivity contribution in [3.8, 4) is 0 Å². The molecule has 3 aromatic rings. The minimum absolute atomic E-state index is 0.0186. The molecular weight excluding hydrogens is 412 g/mol. The summed E-state index contributed by atoms with van der Waals surface area (Å²) < 4.78 is 10.2. The Kier molecular flexibility index (Phi) is 5.85. The maximum Gasteiger partial charge on any atom is 0.310 e. The molecule has 0 aliphatic carbocycles. The highest BCUT2D eigenvalue weighted by atomic mass is 16.5. The molecule has 0 saturated carbocycles. The zero-order valence-electron chi connectivity index (χ0n) is 17.2. The lowest BCUT2D eigenvalue weighted by atomic mass is 9.95. The van der Waals surface area contributed by atoms with Crippen molar-refractivity contribution in [3.63, 3.8) is 0 Å². The van der Waals surface area contributed by atoms with Crippen LogP contribution < -0.4 is 4.90 Å². The van der Waals surface area contributed by atoms with E-state index in [1.54, 1.807) is 61.8 Å². The molecule has 0 saturated heterocycles. The van der Waals surface area contributed by atoms with E-state index >= 15 is 0 Å². The highest BCUT2D eigenvalue weighted by molar-refractivity contribution is 6.20. The van der Waals surface area contributed by atoms with E-state index in [4.69, 9.17) is 9.15 Å². The molecule has 162 valence electrons. The van der Waals surface area contributed by atoms with Gasteiger partial charge in [0, 0.05) is 18.1 Å². The minimum atomic E-state index is -0.876. The first-order valence-corrected chi connectivity index (χ1v) is 10.0. The van der Waals surface area contributed by atoms with Gasteiger partial charge in [-0.15, -0.1) is 0 Å². The van der Waals surface area contributed by atoms with Crippen LogP contribution in [0.2, 0.25) is 0 Å². The van der Waals surface area contributed by atoms with Gasteiger partial charge in [-0.1, -0.05) is 12.1 Å². The van der Waals surface area contributed by atoms with Crippen LogP contribution in [-0.2, 0) is 20.7 Å². The lowest BCUT2D eigenvalue weighted by molar-refractivity contribution is -0.142. The van der Waals surface area contributed by atoms with E-state index in [9.17, 15) is 19.5 Å². The first-order valence-electron chi connectivity index (χ1n) is 10.0. The molecule has 8 heteroatoms. The van der Waals surface area contributed by atoms with Gasteiger partial charge in [-0.05, 0) is 54.4 Å². The van der Waals surface area contributed by atoms with E-state index in [-0.39, 0.29) is 23.7 Å². The van der Waals surface area contributed by atoms with Crippen LogP contribution in [0.5, 0.6) is 0 Å². The first kappa shape index (κ1) is 21.0. The molecule has 1 N–H and O–H groups in total. The van der Waals surface area contributed by atoms with Crippen molar-refractivity contribution in [3.05, 3.63) is 95.4 Å². The largest absolute Gasteiger partial charge is 0.503 e. The number of ether oxygens (including phenoxy) is 1. The van der Waals surface area contributed by atoms with Crippen LogP contribution in [-0.4, -0.2) is 34.4 Å². The smallest absolute Gasteiger partial charge is 0.310 e. The van der Waals surface area contributed by atoms with Gasteiger partial charge < -0.3 is 14.3 Å². The van der Waals surface area contributed by atoms with Crippen LogP contribution in [0.3, 0.4) is 0 Å². The summed E-state index contributed by atoms with van der Waals surface area (Å²) >= 11 is 0. The maximum atomic E-state index is 13.1. The number of aliphatic hydroxyl groups is 1. The Labute approximate surface area is 183 Å². The third-order valence-electron chi connectivity index (χ3n) is 5.09. The summed E-state index contributed by atoms with van der Waals surface area (Å²) in [5.41, 5.74) is 1.69. The van der Waals surface area contributed by atoms with E-state index in [2.05, 4.69) is 4.98 Å². The molecule has 0 spiro atoms. The van der Waals surface area contributed by atoms with E-state index < -0.39 is 23.5 Å². The van der Waals surface area contributed by atoms with Crippen LogP contribution in [0.1, 0.15) is 34.6 Å². The molecule has 1 amide bonds. The fraction of sp³-hybridized carbons (Fsp3) is 0.167. The molecule has 1 atom stereocenters. The summed E-state index contributed by atoms with van der Waals surface area (Å²) in [6.45, 7) is 2.03. The molecule has 4 rings (SSSR count). The topological polar surface area (TPSA) is 110 Å². The number of carbonyl (C=O) groups is 3. The van der Waals surface area contributed by atoms with Crippen LogP contribution >= 0.6 is 0 Å². The van der Waals surface area contributed by atoms with Crippen molar-refractivity contribution in [2.45, 2.75) is 19.4 Å². The van der Waals surface area contributed by atoms with E-state index in [1.165, 1.54) is 17.2 Å². The Morgan fingerprint density at radius 1 is 1.12 bits per heavy atom. The van der Waals surface area contributed by atoms with E-state index in [0.717, 1.165) is 0 Å². The lowest BCUT2D eigenvalue weighted by Crippen LogP contribution is -2.31. The van der Waals surface area contributed by atoms with Crippen molar-refractivity contribution in [2.75, 3.05) is 11.5 Å². The quantitative estimate of drug-likeness (QED) is 0.449. The number of esters is 1. The summed E-state index contributed by atoms with van der Waals surface area (Å²) in [5.74, 6) is -2.25. The van der Waals surface area contributed by atoms with Crippen molar-refractivity contribution in [1.29, 1.82) is 0 Å². The fourth-order valence-corrected chi connectivity index (χ4v) is 3.66. The molecule has 0 bridgehead atoms. The summed E-state index contributed by atoms with van der Waals surface area (Å²) in [4.78, 5) is 43.2. The monoisotopic (exact) mass is 432 g/mol. The minimum Gasteiger partial charge on any atom is -0.503 e. The number of hydrogen-bond acceptors (Lipinski definition) is 7. The Morgan fingerprint density at radius 2 is 1.84 bits per heavy atom. The maximum absolute atomic E-state index is 13.1. The first-order chi connectivity index (χ1) is 15.5. The van der Waals surface area contributed by atoms with Gasteiger partial charge in [0.05, 0.1) is 30.9 Å². The molecule has 0 fully saturated rings. The molecule has 1 aromatic carbocycles. The predicted molar refractivity (Wildman–Crippen MR) is 114 cm³/mol. The lowest BCUT2D eigenvalue weighted by Gasteiger charge is -2.26. The molecule has 2 aromatic heterocycles. The molecule has 1 aliphatic rings. The highest BCUT2D eigenvalue weighted by Gasteiger charge is 2.45. The van der Waals surface area contributed by atoms with Gasteiger partial charge in [-0.2, -0.15) is 0 Å². The molecule has 8 nitrogen and oxygen atoms in total. The number of hydrogen-bond donors (Lipinski definition) is 1. The van der Waals surface area contributed by atoms with Gasteiger partial charge in [0.1, 0.15) is 0 Å². The number of nitrogens with zero attached hydrogens (tertiary/aromatic N) is 2. The van der Waals surface area contributed by atoms with Crippen molar-refractivity contribution in [2.24, 2.45) is 0 Å². The Hall–Kier alpha value is -4.20. The Balaban J connectivity index is 1.72. The van der Waals surface area contributed by atoms with Crippen LogP contribution in [0.4, 0.5) is 5.69 Å². The number of rotatable bonds is 7. The molecule has 3 heterocycles. The number of aromatic nitrogens is 1. The number of pyridine rings is 1. The summed E-state index contributed by atoms with van der Waals surface area (Å²) in [7, 11) is 0. The summed E-state index contributed by atoms with van der Waals surface area (Å²) in [5, 5.41) is 10.7. The second-order valence-electron chi connectivity index (χ2n) is 7.08. The number of Topliss-reactive ketones (excluding diaryl/α,β-unsaturated/α-hetero) is 1. The Bertz CT molecular complexity index is 1170. The van der Waals surface area contributed by atoms with Crippen LogP contribution in [0.15, 0.2) is 82.9 Å². The zero-order valence-corrected chi connectivity index (χ0v) is 17.2. The fourth-order valence-electron chi connectivity index (χ4n) is 3.66. The van der Waals surface area contributed by atoms with Crippen LogP contribution in [0, 0.1) is 0 Å². The number of benzene rings is 1. The number of carbonyl (C=O) groups excluding carboxylic acids is 3. The van der Waals surface area contributed by atoms with Crippen molar-refractivity contribution >= 4 is 23.3 Å².